The topological polar surface area (TPSA) is 87.0 Å². The van der Waals surface area contributed by atoms with Crippen molar-refractivity contribution in [1.82, 2.24) is 19.9 Å². The summed E-state index contributed by atoms with van der Waals surface area (Å²) in [6.07, 6.45) is 3.41. The summed E-state index contributed by atoms with van der Waals surface area (Å²) in [7, 11) is 0. The van der Waals surface area contributed by atoms with Crippen molar-refractivity contribution in [1.29, 1.82) is 0 Å². The van der Waals surface area contributed by atoms with Gasteiger partial charge in [0.2, 0.25) is 0 Å². The first-order chi connectivity index (χ1) is 13.1. The second-order valence-electron chi connectivity index (χ2n) is 6.30. The lowest BCUT2D eigenvalue weighted by molar-refractivity contribution is 0.202. The van der Waals surface area contributed by atoms with Crippen LogP contribution in [0.1, 0.15) is 31.3 Å². The van der Waals surface area contributed by atoms with E-state index in [1.807, 2.05) is 24.3 Å². The molecular weight excluding hydrogens is 342 g/mol. The fourth-order valence-corrected chi connectivity index (χ4v) is 3.11. The van der Waals surface area contributed by atoms with Gasteiger partial charge in [0.15, 0.2) is 0 Å². The molecule has 27 heavy (non-hydrogen) atoms. The number of hydrogen-bond donors (Lipinski definition) is 2. The first kappa shape index (κ1) is 18.8. The molecule has 3 aromatic rings. The number of rotatable bonds is 8. The zero-order chi connectivity index (χ0) is 19.2. The fraction of sp³-hybridized carbons (Fsp3) is 0.350. The van der Waals surface area contributed by atoms with Gasteiger partial charge in [0.25, 0.3) is 5.56 Å². The van der Waals surface area contributed by atoms with Gasteiger partial charge in [-0.3, -0.25) is 9.69 Å². The van der Waals surface area contributed by atoms with Gasteiger partial charge in [0, 0.05) is 30.1 Å². The van der Waals surface area contributed by atoms with E-state index in [9.17, 15) is 4.79 Å². The number of aromatic nitrogens is 3. The fourth-order valence-electron chi connectivity index (χ4n) is 3.11. The van der Waals surface area contributed by atoms with E-state index in [0.717, 1.165) is 30.2 Å². The van der Waals surface area contributed by atoms with Gasteiger partial charge in [-0.2, -0.15) is 0 Å². The molecule has 3 aromatic heterocycles. The average molecular weight is 367 g/mol. The number of nitrogens with one attached hydrogen (secondary N) is 2. The number of pyridine rings is 1. The first-order valence-electron chi connectivity index (χ1n) is 9.16. The van der Waals surface area contributed by atoms with Crippen LogP contribution in [-0.2, 0) is 0 Å². The highest BCUT2D eigenvalue weighted by atomic mass is 16.3. The predicted molar refractivity (Wildman–Crippen MR) is 106 cm³/mol. The highest BCUT2D eigenvalue weighted by molar-refractivity contribution is 5.55. The molecule has 0 amide bonds. The molecule has 0 aliphatic rings. The van der Waals surface area contributed by atoms with Crippen molar-refractivity contribution in [3.8, 4) is 11.4 Å². The Kier molecular flexibility index (Phi) is 6.03. The van der Waals surface area contributed by atoms with E-state index in [-0.39, 0.29) is 11.6 Å². The maximum atomic E-state index is 11.6. The monoisotopic (exact) mass is 367 g/mol. The maximum absolute atomic E-state index is 11.6. The molecule has 0 radical (unpaired) electrons. The number of hydrogen-bond acceptors (Lipinski definition) is 6. The van der Waals surface area contributed by atoms with E-state index in [1.165, 1.54) is 6.07 Å². The van der Waals surface area contributed by atoms with Crippen molar-refractivity contribution in [2.75, 3.05) is 25.0 Å². The van der Waals surface area contributed by atoms with Crippen LogP contribution in [0.3, 0.4) is 0 Å². The lowest BCUT2D eigenvalue weighted by atomic mass is 10.2. The molecule has 0 saturated heterocycles. The Morgan fingerprint density at radius 1 is 1.26 bits per heavy atom. The highest BCUT2D eigenvalue weighted by Gasteiger charge is 2.20. The van der Waals surface area contributed by atoms with E-state index < -0.39 is 0 Å². The van der Waals surface area contributed by atoms with Crippen LogP contribution in [0.25, 0.3) is 11.4 Å². The molecule has 0 aliphatic heterocycles. The van der Waals surface area contributed by atoms with Crippen molar-refractivity contribution in [2.45, 2.75) is 26.8 Å². The molecule has 0 fully saturated rings. The van der Waals surface area contributed by atoms with E-state index in [4.69, 9.17) is 4.42 Å². The quantitative estimate of drug-likeness (QED) is 0.636. The number of furan rings is 1. The van der Waals surface area contributed by atoms with E-state index in [0.29, 0.717) is 18.1 Å². The van der Waals surface area contributed by atoms with Crippen molar-refractivity contribution < 1.29 is 4.42 Å². The Labute approximate surface area is 158 Å². The minimum absolute atomic E-state index is 0.131. The largest absolute Gasteiger partial charge is 0.468 e. The summed E-state index contributed by atoms with van der Waals surface area (Å²) in [6, 6.07) is 9.29. The zero-order valence-electron chi connectivity index (χ0n) is 15.9. The molecular formula is C20H25N5O2. The highest BCUT2D eigenvalue weighted by Crippen LogP contribution is 2.22. The molecule has 0 saturated carbocycles. The first-order valence-corrected chi connectivity index (χ1v) is 9.16. The van der Waals surface area contributed by atoms with Gasteiger partial charge in [0.05, 0.1) is 12.3 Å². The van der Waals surface area contributed by atoms with Gasteiger partial charge in [-0.1, -0.05) is 13.8 Å². The molecule has 1 atom stereocenters. The van der Waals surface area contributed by atoms with Crippen molar-refractivity contribution in [3.05, 3.63) is 64.6 Å². The van der Waals surface area contributed by atoms with Crippen LogP contribution in [0.15, 0.2) is 52.0 Å². The summed E-state index contributed by atoms with van der Waals surface area (Å²) in [4.78, 5) is 25.5. The summed E-state index contributed by atoms with van der Waals surface area (Å²) in [5.74, 6) is 2.22. The third-order valence-corrected chi connectivity index (χ3v) is 4.51. The van der Waals surface area contributed by atoms with Crippen LogP contribution >= 0.6 is 0 Å². The summed E-state index contributed by atoms with van der Waals surface area (Å²) >= 11 is 0. The van der Waals surface area contributed by atoms with Gasteiger partial charge in [-0.25, -0.2) is 9.97 Å². The SMILES string of the molecule is CCN(CC)C(CNc1ccc(-c2nc(C)cc(=O)[nH]2)cn1)c1ccco1. The summed E-state index contributed by atoms with van der Waals surface area (Å²) in [5, 5.41) is 3.38. The minimum Gasteiger partial charge on any atom is -0.468 e. The molecule has 7 nitrogen and oxygen atoms in total. The molecule has 0 bridgehead atoms. The Morgan fingerprint density at radius 3 is 2.67 bits per heavy atom. The standard InChI is InChI=1S/C20H25N5O2/c1-4-25(5-2)16(17-7-6-10-27-17)13-22-18-9-8-15(12-21-18)20-23-14(3)11-19(26)24-20/h6-12,16H,4-5,13H2,1-3H3,(H,21,22)(H,23,24,26). The molecule has 2 N–H and O–H groups in total. The van der Waals surface area contributed by atoms with Crippen LogP contribution in [0.5, 0.6) is 0 Å². The second-order valence-corrected chi connectivity index (χ2v) is 6.30. The molecule has 142 valence electrons. The molecule has 0 aromatic carbocycles. The van der Waals surface area contributed by atoms with E-state index in [1.54, 1.807) is 19.4 Å². The summed E-state index contributed by atoms with van der Waals surface area (Å²) < 4.78 is 5.62. The summed E-state index contributed by atoms with van der Waals surface area (Å²) in [6.45, 7) is 8.62. The van der Waals surface area contributed by atoms with Crippen LogP contribution in [0.2, 0.25) is 0 Å². The number of anilines is 1. The van der Waals surface area contributed by atoms with Gasteiger partial charge < -0.3 is 14.7 Å². The smallest absolute Gasteiger partial charge is 0.251 e. The molecule has 3 rings (SSSR count). The molecule has 3 heterocycles. The van der Waals surface area contributed by atoms with Gasteiger partial charge in [0.1, 0.15) is 17.4 Å². The van der Waals surface area contributed by atoms with Crippen LogP contribution in [0.4, 0.5) is 5.82 Å². The van der Waals surface area contributed by atoms with E-state index >= 15 is 0 Å². The Bertz CT molecular complexity index is 899. The van der Waals surface area contributed by atoms with Crippen LogP contribution in [-0.4, -0.2) is 39.5 Å². The van der Waals surface area contributed by atoms with Crippen LogP contribution < -0.4 is 10.9 Å². The second kappa shape index (κ2) is 8.64. The van der Waals surface area contributed by atoms with Crippen LogP contribution in [0, 0.1) is 6.92 Å². The Morgan fingerprint density at radius 2 is 2.07 bits per heavy atom. The lowest BCUT2D eigenvalue weighted by Gasteiger charge is -2.28. The van der Waals surface area contributed by atoms with E-state index in [2.05, 4.69) is 39.0 Å². The molecule has 0 aliphatic carbocycles. The lowest BCUT2D eigenvalue weighted by Crippen LogP contribution is -2.33. The molecule has 7 heteroatoms. The number of nitrogens with zero attached hydrogens (tertiary/aromatic N) is 3. The minimum atomic E-state index is -0.166. The number of H-pyrrole nitrogens is 1. The van der Waals surface area contributed by atoms with Crippen molar-refractivity contribution in [2.24, 2.45) is 0 Å². The Balaban J connectivity index is 1.72. The number of likely N-dealkylation sites (N-methyl/N-ethyl adjacent to an activating group) is 1. The van der Waals surface area contributed by atoms with Crippen molar-refractivity contribution >= 4 is 5.82 Å². The number of aryl methyl sites for hydroxylation is 1. The van der Waals surface area contributed by atoms with Gasteiger partial charge in [-0.15, -0.1) is 0 Å². The molecule has 0 spiro atoms. The zero-order valence-corrected chi connectivity index (χ0v) is 15.9. The molecule has 1 unspecified atom stereocenters. The van der Waals surface area contributed by atoms with Gasteiger partial charge in [-0.05, 0) is 44.3 Å². The van der Waals surface area contributed by atoms with Crippen molar-refractivity contribution in [3.63, 3.8) is 0 Å². The Hall–Kier alpha value is -2.93. The third kappa shape index (κ3) is 4.62. The maximum Gasteiger partial charge on any atom is 0.251 e. The number of aromatic amines is 1. The van der Waals surface area contributed by atoms with Gasteiger partial charge >= 0.3 is 0 Å². The normalized spacial score (nSPS) is 12.3. The third-order valence-electron chi connectivity index (χ3n) is 4.51. The summed E-state index contributed by atoms with van der Waals surface area (Å²) in [5.41, 5.74) is 1.28. The predicted octanol–water partition coefficient (Wildman–Crippen LogP) is 3.23. The average Bonchev–Trinajstić information content (AvgIpc) is 3.19.